The van der Waals surface area contributed by atoms with Gasteiger partial charge in [-0.05, 0) is 12.8 Å². The number of morpholine rings is 1. The summed E-state index contributed by atoms with van der Waals surface area (Å²) < 4.78 is 5.26. The summed E-state index contributed by atoms with van der Waals surface area (Å²) in [5.41, 5.74) is 0. The van der Waals surface area contributed by atoms with E-state index in [1.54, 1.807) is 0 Å². The third-order valence-electron chi connectivity index (χ3n) is 3.96. The molecule has 2 atom stereocenters. The van der Waals surface area contributed by atoms with E-state index in [4.69, 9.17) is 9.84 Å². The van der Waals surface area contributed by atoms with E-state index in [9.17, 15) is 14.4 Å². The number of carbonyl (C=O) groups is 3. The molecule has 0 aliphatic carbocycles. The van der Waals surface area contributed by atoms with Gasteiger partial charge in [-0.1, -0.05) is 0 Å². The quantitative estimate of drug-likeness (QED) is 0.706. The Labute approximate surface area is 123 Å². The number of hydrogen-bond donors (Lipinski definition) is 2. The zero-order chi connectivity index (χ0) is 15.4. The van der Waals surface area contributed by atoms with E-state index in [0.717, 1.165) is 0 Å². The Balaban J connectivity index is 2.06. The summed E-state index contributed by atoms with van der Waals surface area (Å²) in [4.78, 5) is 38.5. The Morgan fingerprint density at radius 3 is 2.71 bits per heavy atom. The molecule has 1 unspecified atom stereocenters. The van der Waals surface area contributed by atoms with E-state index < -0.39 is 17.9 Å². The molecule has 2 N–H and O–H groups in total. The normalized spacial score (nSPS) is 26.3. The molecule has 118 valence electrons. The van der Waals surface area contributed by atoms with E-state index in [1.165, 1.54) is 16.8 Å². The summed E-state index contributed by atoms with van der Waals surface area (Å²) in [6.45, 7) is 1.62. The molecule has 0 aromatic heterocycles. The molecule has 2 heterocycles. The van der Waals surface area contributed by atoms with Crippen molar-refractivity contribution in [1.29, 1.82) is 0 Å². The van der Waals surface area contributed by atoms with Crippen LogP contribution in [0, 0.1) is 5.92 Å². The van der Waals surface area contributed by atoms with Gasteiger partial charge in [-0.3, -0.25) is 9.59 Å². The van der Waals surface area contributed by atoms with Gasteiger partial charge in [0.05, 0.1) is 19.1 Å². The Bertz CT molecular complexity index is 428. The summed E-state index contributed by atoms with van der Waals surface area (Å²) in [5.74, 6) is -1.67. The molecule has 2 rings (SSSR count). The molecule has 0 aromatic rings. The lowest BCUT2D eigenvalue weighted by Gasteiger charge is -2.40. The highest BCUT2D eigenvalue weighted by molar-refractivity contribution is 5.87. The minimum Gasteiger partial charge on any atom is -0.481 e. The third kappa shape index (κ3) is 3.44. The van der Waals surface area contributed by atoms with E-state index in [2.05, 4.69) is 5.32 Å². The Kier molecular flexibility index (Phi) is 5.00. The number of ether oxygens (including phenoxy) is 1. The Hall–Kier alpha value is -1.83. The first-order valence-electron chi connectivity index (χ1n) is 7.12. The smallest absolute Gasteiger partial charge is 0.320 e. The van der Waals surface area contributed by atoms with Crippen LogP contribution in [0.3, 0.4) is 0 Å². The van der Waals surface area contributed by atoms with Crippen LogP contribution in [0.5, 0.6) is 0 Å². The second-order valence-corrected chi connectivity index (χ2v) is 5.30. The molecular weight excluding hydrogens is 278 g/mol. The van der Waals surface area contributed by atoms with Crippen LogP contribution in [0.4, 0.5) is 4.79 Å². The van der Waals surface area contributed by atoms with Gasteiger partial charge in [0.2, 0.25) is 5.91 Å². The fraction of sp³-hybridized carbons (Fsp3) is 0.769. The molecule has 0 saturated carbocycles. The van der Waals surface area contributed by atoms with Gasteiger partial charge >= 0.3 is 12.0 Å². The zero-order valence-electron chi connectivity index (χ0n) is 12.1. The first-order valence-corrected chi connectivity index (χ1v) is 7.12. The largest absolute Gasteiger partial charge is 0.481 e. The van der Waals surface area contributed by atoms with Gasteiger partial charge in [0.25, 0.3) is 0 Å². The Morgan fingerprint density at radius 1 is 1.29 bits per heavy atom. The summed E-state index contributed by atoms with van der Waals surface area (Å²) >= 11 is 0. The summed E-state index contributed by atoms with van der Waals surface area (Å²) in [6.07, 6.45) is 1.25. The predicted molar refractivity (Wildman–Crippen MR) is 72.7 cm³/mol. The minimum atomic E-state index is -0.877. The molecule has 0 aromatic carbocycles. The van der Waals surface area contributed by atoms with Crippen molar-refractivity contribution in [2.75, 3.05) is 39.9 Å². The van der Waals surface area contributed by atoms with Crippen molar-refractivity contribution in [3.8, 4) is 0 Å². The van der Waals surface area contributed by atoms with Crippen LogP contribution in [-0.4, -0.2) is 78.8 Å². The van der Waals surface area contributed by atoms with Gasteiger partial charge in [-0.15, -0.1) is 0 Å². The second-order valence-electron chi connectivity index (χ2n) is 5.30. The number of likely N-dealkylation sites (N-methyl/N-ethyl adjacent to an activating group) is 1. The van der Waals surface area contributed by atoms with Crippen molar-refractivity contribution in [2.45, 2.75) is 18.9 Å². The number of carboxylic acids is 1. The summed E-state index contributed by atoms with van der Waals surface area (Å²) in [7, 11) is 1.51. The van der Waals surface area contributed by atoms with Crippen molar-refractivity contribution in [1.82, 2.24) is 15.1 Å². The lowest BCUT2D eigenvalue weighted by atomic mass is 9.98. The van der Waals surface area contributed by atoms with Crippen molar-refractivity contribution >= 4 is 17.9 Å². The SMILES string of the molecule is CNC(=O)C1COCCN1C(=O)N1CCC[C@@H](C(=O)O)C1. The number of urea groups is 1. The van der Waals surface area contributed by atoms with Crippen molar-refractivity contribution in [2.24, 2.45) is 5.92 Å². The minimum absolute atomic E-state index is 0.168. The van der Waals surface area contributed by atoms with Crippen molar-refractivity contribution < 1.29 is 24.2 Å². The molecule has 2 fully saturated rings. The number of aliphatic carboxylic acids is 1. The number of nitrogens with zero attached hydrogens (tertiary/aromatic N) is 2. The van der Waals surface area contributed by atoms with Gasteiger partial charge in [0.1, 0.15) is 6.04 Å². The average Bonchev–Trinajstić information content (AvgIpc) is 2.53. The van der Waals surface area contributed by atoms with Gasteiger partial charge in [-0.25, -0.2) is 4.79 Å². The highest BCUT2D eigenvalue weighted by Crippen LogP contribution is 2.19. The van der Waals surface area contributed by atoms with Gasteiger partial charge < -0.3 is 25.0 Å². The standard InChI is InChI=1S/C13H21N3O5/c1-14-11(17)10-8-21-6-5-16(10)13(20)15-4-2-3-9(7-15)12(18)19/h9-10H,2-8H2,1H3,(H,14,17)(H,18,19)/t9-,10?/m1/s1. The molecular formula is C13H21N3O5. The van der Waals surface area contributed by atoms with Gasteiger partial charge in [0, 0.05) is 26.7 Å². The van der Waals surface area contributed by atoms with E-state index >= 15 is 0 Å². The van der Waals surface area contributed by atoms with E-state index in [1.807, 2.05) is 0 Å². The van der Waals surface area contributed by atoms with E-state index in [-0.39, 0.29) is 25.1 Å². The van der Waals surface area contributed by atoms with Crippen LogP contribution in [-0.2, 0) is 14.3 Å². The van der Waals surface area contributed by atoms with Crippen molar-refractivity contribution in [3.63, 3.8) is 0 Å². The molecule has 0 radical (unpaired) electrons. The molecule has 8 heteroatoms. The highest BCUT2D eigenvalue weighted by atomic mass is 16.5. The predicted octanol–water partition coefficient (Wildman–Crippen LogP) is -0.650. The number of carbonyl (C=O) groups excluding carboxylic acids is 2. The molecule has 2 aliphatic rings. The highest BCUT2D eigenvalue weighted by Gasteiger charge is 2.37. The number of hydrogen-bond acceptors (Lipinski definition) is 4. The molecule has 0 bridgehead atoms. The van der Waals surface area contributed by atoms with Crippen LogP contribution >= 0.6 is 0 Å². The van der Waals surface area contributed by atoms with Crippen LogP contribution in [0.15, 0.2) is 0 Å². The first kappa shape index (κ1) is 15.6. The fourth-order valence-electron chi connectivity index (χ4n) is 2.75. The molecule has 8 nitrogen and oxygen atoms in total. The van der Waals surface area contributed by atoms with E-state index in [0.29, 0.717) is 32.5 Å². The second kappa shape index (κ2) is 6.75. The van der Waals surface area contributed by atoms with Gasteiger partial charge in [0.15, 0.2) is 0 Å². The maximum atomic E-state index is 12.6. The zero-order valence-corrected chi connectivity index (χ0v) is 12.1. The first-order chi connectivity index (χ1) is 10.0. The number of likely N-dealkylation sites (tertiary alicyclic amines) is 1. The molecule has 3 amide bonds. The average molecular weight is 299 g/mol. The van der Waals surface area contributed by atoms with Gasteiger partial charge in [-0.2, -0.15) is 0 Å². The monoisotopic (exact) mass is 299 g/mol. The lowest BCUT2D eigenvalue weighted by molar-refractivity contribution is -0.143. The fourth-order valence-corrected chi connectivity index (χ4v) is 2.75. The number of nitrogens with one attached hydrogen (secondary N) is 1. The Morgan fingerprint density at radius 2 is 2.05 bits per heavy atom. The van der Waals surface area contributed by atoms with Crippen LogP contribution < -0.4 is 5.32 Å². The summed E-state index contributed by atoms with van der Waals surface area (Å²) in [5, 5.41) is 11.6. The number of piperidine rings is 1. The van der Waals surface area contributed by atoms with Crippen LogP contribution in [0.1, 0.15) is 12.8 Å². The van der Waals surface area contributed by atoms with Crippen LogP contribution in [0.25, 0.3) is 0 Å². The maximum Gasteiger partial charge on any atom is 0.320 e. The topological polar surface area (TPSA) is 99.2 Å². The molecule has 21 heavy (non-hydrogen) atoms. The lowest BCUT2D eigenvalue weighted by Crippen LogP contribution is -2.59. The van der Waals surface area contributed by atoms with Crippen LogP contribution in [0.2, 0.25) is 0 Å². The molecule has 2 aliphatic heterocycles. The summed E-state index contributed by atoms with van der Waals surface area (Å²) in [6, 6.07) is -0.931. The number of carboxylic acid groups (broad SMARTS) is 1. The molecule has 0 spiro atoms. The number of amides is 3. The van der Waals surface area contributed by atoms with Crippen molar-refractivity contribution in [3.05, 3.63) is 0 Å². The number of rotatable bonds is 2. The molecule has 2 saturated heterocycles. The third-order valence-corrected chi connectivity index (χ3v) is 3.96. The maximum absolute atomic E-state index is 12.6.